The molecular formula is C18H21N5S. The lowest BCUT2D eigenvalue weighted by atomic mass is 10.1. The van der Waals surface area contributed by atoms with Crippen molar-refractivity contribution in [2.24, 2.45) is 0 Å². The first-order chi connectivity index (χ1) is 11.7. The molecule has 2 aliphatic rings. The molecule has 0 atom stereocenters. The van der Waals surface area contributed by atoms with Crippen LogP contribution in [0.3, 0.4) is 0 Å². The minimum Gasteiger partial charge on any atom is -0.342 e. The highest BCUT2D eigenvalue weighted by atomic mass is 32.1. The summed E-state index contributed by atoms with van der Waals surface area (Å²) in [6, 6.07) is 8.95. The van der Waals surface area contributed by atoms with Crippen LogP contribution in [0, 0.1) is 0 Å². The molecule has 0 N–H and O–H groups in total. The SMILES string of the molecule is CC(C)c1nc2ccccc2n1C1CN(c2nnc(C3CC3)s2)C1. The molecule has 0 amide bonds. The van der Waals surface area contributed by atoms with E-state index in [1.54, 1.807) is 11.3 Å². The van der Waals surface area contributed by atoms with Gasteiger partial charge in [-0.05, 0) is 25.0 Å². The van der Waals surface area contributed by atoms with E-state index in [0.717, 1.165) is 23.7 Å². The fourth-order valence-electron chi connectivity index (χ4n) is 3.48. The molecule has 0 bridgehead atoms. The van der Waals surface area contributed by atoms with Gasteiger partial charge in [0.15, 0.2) is 0 Å². The second kappa shape index (κ2) is 5.28. The highest BCUT2D eigenvalue weighted by molar-refractivity contribution is 7.15. The molecule has 1 saturated heterocycles. The number of hydrogen-bond donors (Lipinski definition) is 0. The smallest absolute Gasteiger partial charge is 0.208 e. The molecule has 3 aromatic rings. The van der Waals surface area contributed by atoms with Crippen molar-refractivity contribution in [3.8, 4) is 0 Å². The van der Waals surface area contributed by atoms with E-state index in [-0.39, 0.29) is 0 Å². The van der Waals surface area contributed by atoms with Gasteiger partial charge in [0, 0.05) is 24.9 Å². The van der Waals surface area contributed by atoms with Gasteiger partial charge in [-0.2, -0.15) is 0 Å². The highest BCUT2D eigenvalue weighted by Gasteiger charge is 2.35. The number of para-hydroxylation sites is 2. The molecule has 1 aliphatic heterocycles. The normalized spacial score (nSPS) is 18.5. The molecule has 1 aliphatic carbocycles. The Labute approximate surface area is 145 Å². The number of fused-ring (bicyclic) bond motifs is 1. The van der Waals surface area contributed by atoms with E-state index in [1.165, 1.54) is 29.2 Å². The fourth-order valence-corrected chi connectivity index (χ4v) is 4.51. The van der Waals surface area contributed by atoms with Crippen molar-refractivity contribution in [1.82, 2.24) is 19.7 Å². The van der Waals surface area contributed by atoms with Gasteiger partial charge in [-0.1, -0.05) is 37.3 Å². The molecule has 5 rings (SSSR count). The molecule has 2 aromatic heterocycles. The van der Waals surface area contributed by atoms with Gasteiger partial charge in [-0.25, -0.2) is 4.98 Å². The first-order valence-corrected chi connectivity index (χ1v) is 9.57. The Morgan fingerprint density at radius 1 is 1.12 bits per heavy atom. The Morgan fingerprint density at radius 2 is 1.92 bits per heavy atom. The summed E-state index contributed by atoms with van der Waals surface area (Å²) in [7, 11) is 0. The van der Waals surface area contributed by atoms with Gasteiger partial charge in [0.05, 0.1) is 17.1 Å². The summed E-state index contributed by atoms with van der Waals surface area (Å²) >= 11 is 1.78. The Bertz CT molecular complexity index is 886. The second-order valence-corrected chi connectivity index (χ2v) is 8.23. The molecule has 24 heavy (non-hydrogen) atoms. The summed E-state index contributed by atoms with van der Waals surface area (Å²) in [6.07, 6.45) is 2.58. The molecule has 0 unspecified atom stereocenters. The number of anilines is 1. The van der Waals surface area contributed by atoms with E-state index in [1.807, 2.05) is 0 Å². The first-order valence-electron chi connectivity index (χ1n) is 8.76. The average Bonchev–Trinajstić information content (AvgIpc) is 3.15. The van der Waals surface area contributed by atoms with E-state index >= 15 is 0 Å². The van der Waals surface area contributed by atoms with Gasteiger partial charge in [-0.15, -0.1) is 10.2 Å². The molecule has 3 heterocycles. The van der Waals surface area contributed by atoms with Crippen LogP contribution in [-0.2, 0) is 0 Å². The molecule has 0 radical (unpaired) electrons. The van der Waals surface area contributed by atoms with E-state index in [0.29, 0.717) is 17.9 Å². The quantitative estimate of drug-likeness (QED) is 0.722. The number of rotatable bonds is 4. The summed E-state index contributed by atoms with van der Waals surface area (Å²) in [4.78, 5) is 7.22. The summed E-state index contributed by atoms with van der Waals surface area (Å²) in [5, 5.41) is 11.1. The Balaban J connectivity index is 1.41. The summed E-state index contributed by atoms with van der Waals surface area (Å²) < 4.78 is 2.44. The monoisotopic (exact) mass is 339 g/mol. The summed E-state index contributed by atoms with van der Waals surface area (Å²) in [5.74, 6) is 2.31. The lowest BCUT2D eigenvalue weighted by molar-refractivity contribution is 0.392. The minimum atomic E-state index is 0.425. The van der Waals surface area contributed by atoms with Crippen molar-refractivity contribution in [1.29, 1.82) is 0 Å². The topological polar surface area (TPSA) is 46.8 Å². The summed E-state index contributed by atoms with van der Waals surface area (Å²) in [6.45, 7) is 6.44. The Morgan fingerprint density at radius 3 is 2.67 bits per heavy atom. The van der Waals surface area contributed by atoms with Gasteiger partial charge >= 0.3 is 0 Å². The molecule has 124 valence electrons. The highest BCUT2D eigenvalue weighted by Crippen LogP contribution is 2.43. The third-order valence-corrected chi connectivity index (χ3v) is 6.14. The first kappa shape index (κ1) is 14.4. The number of benzene rings is 1. The zero-order valence-corrected chi connectivity index (χ0v) is 14.8. The second-order valence-electron chi connectivity index (χ2n) is 7.24. The third kappa shape index (κ3) is 2.24. The largest absolute Gasteiger partial charge is 0.342 e. The maximum atomic E-state index is 4.87. The van der Waals surface area contributed by atoms with Crippen molar-refractivity contribution in [3.05, 3.63) is 35.1 Å². The summed E-state index contributed by atoms with van der Waals surface area (Å²) in [5.41, 5.74) is 2.35. The van der Waals surface area contributed by atoms with Crippen LogP contribution in [-0.4, -0.2) is 32.8 Å². The lowest BCUT2D eigenvalue weighted by Gasteiger charge is -2.40. The maximum Gasteiger partial charge on any atom is 0.208 e. The molecule has 1 aromatic carbocycles. The van der Waals surface area contributed by atoms with E-state index < -0.39 is 0 Å². The zero-order chi connectivity index (χ0) is 16.3. The van der Waals surface area contributed by atoms with Crippen LogP contribution in [0.2, 0.25) is 0 Å². The number of nitrogens with zero attached hydrogens (tertiary/aromatic N) is 5. The van der Waals surface area contributed by atoms with Crippen LogP contribution in [0.1, 0.15) is 55.4 Å². The minimum absolute atomic E-state index is 0.425. The molecule has 1 saturated carbocycles. The molecule has 5 nitrogen and oxygen atoms in total. The molecule has 6 heteroatoms. The Hall–Kier alpha value is -1.95. The van der Waals surface area contributed by atoms with Gasteiger partial charge in [-0.3, -0.25) is 0 Å². The van der Waals surface area contributed by atoms with Gasteiger partial charge in [0.25, 0.3) is 0 Å². The van der Waals surface area contributed by atoms with Gasteiger partial charge in [0.2, 0.25) is 5.13 Å². The zero-order valence-electron chi connectivity index (χ0n) is 14.0. The Kier molecular flexibility index (Phi) is 3.16. The van der Waals surface area contributed by atoms with Gasteiger partial charge < -0.3 is 9.47 Å². The standard InChI is InChI=1S/C18H21N5S/c1-11(2)16-19-14-5-3-4-6-15(14)23(16)13-9-22(10-13)18-21-20-17(24-18)12-7-8-12/h3-6,11-13H,7-10H2,1-2H3. The predicted molar refractivity (Wildman–Crippen MR) is 97.0 cm³/mol. The van der Waals surface area contributed by atoms with E-state index in [2.05, 4.69) is 57.8 Å². The van der Waals surface area contributed by atoms with E-state index in [4.69, 9.17) is 4.98 Å². The van der Waals surface area contributed by atoms with Crippen LogP contribution < -0.4 is 4.90 Å². The van der Waals surface area contributed by atoms with Gasteiger partial charge in [0.1, 0.15) is 10.8 Å². The molecular weight excluding hydrogens is 318 g/mol. The number of hydrogen-bond acceptors (Lipinski definition) is 5. The van der Waals surface area contributed by atoms with Crippen LogP contribution in [0.15, 0.2) is 24.3 Å². The van der Waals surface area contributed by atoms with Crippen molar-refractivity contribution >= 4 is 27.5 Å². The van der Waals surface area contributed by atoms with Crippen molar-refractivity contribution in [2.45, 2.75) is 44.6 Å². The van der Waals surface area contributed by atoms with Crippen LogP contribution in [0.5, 0.6) is 0 Å². The van der Waals surface area contributed by atoms with Crippen LogP contribution in [0.4, 0.5) is 5.13 Å². The van der Waals surface area contributed by atoms with Crippen LogP contribution in [0.25, 0.3) is 11.0 Å². The third-order valence-electron chi connectivity index (χ3n) is 4.99. The lowest BCUT2D eigenvalue weighted by Crippen LogP contribution is -2.48. The van der Waals surface area contributed by atoms with E-state index in [9.17, 15) is 0 Å². The van der Waals surface area contributed by atoms with Crippen LogP contribution >= 0.6 is 11.3 Å². The average molecular weight is 339 g/mol. The molecule has 0 spiro atoms. The van der Waals surface area contributed by atoms with Crippen molar-refractivity contribution in [2.75, 3.05) is 18.0 Å². The number of imidazole rings is 1. The number of aromatic nitrogens is 4. The molecule has 2 fully saturated rings. The van der Waals surface area contributed by atoms with Crippen molar-refractivity contribution in [3.63, 3.8) is 0 Å². The predicted octanol–water partition coefficient (Wildman–Crippen LogP) is 3.95. The maximum absolute atomic E-state index is 4.87. The van der Waals surface area contributed by atoms with Crippen molar-refractivity contribution < 1.29 is 0 Å². The fraction of sp³-hybridized carbons (Fsp3) is 0.500.